The number of alkyl carbamates (subject to hydrolysis) is 1. The Hall–Kier alpha value is -2.00. The van der Waals surface area contributed by atoms with E-state index in [0.717, 1.165) is 11.8 Å². The van der Waals surface area contributed by atoms with Crippen LogP contribution in [0.2, 0.25) is 0 Å². The topological polar surface area (TPSA) is 94.2 Å². The summed E-state index contributed by atoms with van der Waals surface area (Å²) in [5, 5.41) is 2.56. The molecule has 0 atom stereocenters. The smallest absolute Gasteiger partial charge is 0.407 e. The van der Waals surface area contributed by atoms with Crippen LogP contribution < -0.4 is 14.8 Å². The highest BCUT2D eigenvalue weighted by atomic mass is 32.2. The first kappa shape index (κ1) is 19.3. The fourth-order valence-corrected chi connectivity index (χ4v) is 3.01. The zero-order valence-electron chi connectivity index (χ0n) is 14.9. The van der Waals surface area contributed by atoms with Gasteiger partial charge in [-0.05, 0) is 38.5 Å². The second-order valence-electron chi connectivity index (χ2n) is 6.71. The van der Waals surface area contributed by atoms with Gasteiger partial charge < -0.3 is 19.5 Å². The molecule has 140 valence electrons. The number of amides is 1. The monoisotopic (exact) mass is 372 g/mol. The molecular formula is C16H24N2O6S. The Balaban J connectivity index is 1.95. The lowest BCUT2D eigenvalue weighted by atomic mass is 10.2. The van der Waals surface area contributed by atoms with Gasteiger partial charge in [0.1, 0.15) is 5.60 Å². The third-order valence-corrected chi connectivity index (χ3v) is 4.54. The summed E-state index contributed by atoms with van der Waals surface area (Å²) in [6.45, 7) is 5.89. The van der Waals surface area contributed by atoms with Crippen molar-refractivity contribution in [2.24, 2.45) is 0 Å². The van der Waals surface area contributed by atoms with E-state index < -0.39 is 21.7 Å². The molecule has 0 radical (unpaired) electrons. The minimum Gasteiger partial charge on any atom is -0.454 e. The van der Waals surface area contributed by atoms with E-state index in [9.17, 15) is 13.2 Å². The van der Waals surface area contributed by atoms with Crippen LogP contribution >= 0.6 is 0 Å². The molecule has 1 amide bonds. The third-order valence-electron chi connectivity index (χ3n) is 3.29. The summed E-state index contributed by atoms with van der Waals surface area (Å²) < 4.78 is 40.9. The molecular weight excluding hydrogens is 348 g/mol. The Bertz CT molecular complexity index is 727. The van der Waals surface area contributed by atoms with Crippen LogP contribution in [0.5, 0.6) is 11.5 Å². The molecule has 0 aliphatic carbocycles. The first-order valence-electron chi connectivity index (χ1n) is 7.85. The summed E-state index contributed by atoms with van der Waals surface area (Å²) in [5.41, 5.74) is 0.166. The minimum absolute atomic E-state index is 0.131. The van der Waals surface area contributed by atoms with Crippen LogP contribution in [0, 0.1) is 0 Å². The van der Waals surface area contributed by atoms with Crippen LogP contribution in [0.3, 0.4) is 0 Å². The molecule has 1 aliphatic heterocycles. The molecule has 9 heteroatoms. The van der Waals surface area contributed by atoms with Crippen molar-refractivity contribution in [3.8, 4) is 11.5 Å². The number of rotatable bonds is 6. The highest BCUT2D eigenvalue weighted by molar-refractivity contribution is 7.88. The van der Waals surface area contributed by atoms with Gasteiger partial charge in [0.15, 0.2) is 11.5 Å². The van der Waals surface area contributed by atoms with E-state index in [0.29, 0.717) is 11.5 Å². The minimum atomic E-state index is -3.44. The fraction of sp³-hybridized carbons (Fsp3) is 0.562. The number of fused-ring (bicyclic) bond motifs is 1. The number of ether oxygens (including phenoxy) is 3. The molecule has 1 aromatic carbocycles. The summed E-state index contributed by atoms with van der Waals surface area (Å²) in [4.78, 5) is 11.6. The van der Waals surface area contributed by atoms with E-state index in [1.807, 2.05) is 0 Å². The van der Waals surface area contributed by atoms with Gasteiger partial charge in [-0.15, -0.1) is 0 Å². The van der Waals surface area contributed by atoms with Gasteiger partial charge >= 0.3 is 6.09 Å². The number of nitrogens with zero attached hydrogens (tertiary/aromatic N) is 1. The lowest BCUT2D eigenvalue weighted by Gasteiger charge is -2.22. The predicted octanol–water partition coefficient (Wildman–Crippen LogP) is 1.70. The Morgan fingerprint density at radius 3 is 2.60 bits per heavy atom. The Morgan fingerprint density at radius 1 is 1.28 bits per heavy atom. The van der Waals surface area contributed by atoms with Crippen molar-refractivity contribution < 1.29 is 27.4 Å². The van der Waals surface area contributed by atoms with Crippen molar-refractivity contribution in [2.75, 3.05) is 26.1 Å². The van der Waals surface area contributed by atoms with Crippen LogP contribution in [-0.2, 0) is 21.3 Å². The maximum atomic E-state index is 12.0. The van der Waals surface area contributed by atoms with Gasteiger partial charge in [-0.25, -0.2) is 13.2 Å². The molecule has 0 unspecified atom stereocenters. The zero-order chi connectivity index (χ0) is 18.7. The lowest BCUT2D eigenvalue weighted by molar-refractivity contribution is 0.0525. The highest BCUT2D eigenvalue weighted by Gasteiger charge is 2.21. The van der Waals surface area contributed by atoms with E-state index in [1.54, 1.807) is 39.0 Å². The van der Waals surface area contributed by atoms with Crippen LogP contribution in [0.25, 0.3) is 0 Å². The molecule has 8 nitrogen and oxygen atoms in total. The van der Waals surface area contributed by atoms with E-state index >= 15 is 0 Å². The second-order valence-corrected chi connectivity index (χ2v) is 8.70. The quantitative estimate of drug-likeness (QED) is 0.817. The lowest BCUT2D eigenvalue weighted by Crippen LogP contribution is -2.39. The van der Waals surface area contributed by atoms with Gasteiger partial charge in [-0.2, -0.15) is 4.31 Å². The van der Waals surface area contributed by atoms with Crippen molar-refractivity contribution in [1.82, 2.24) is 9.62 Å². The van der Waals surface area contributed by atoms with Gasteiger partial charge in [0.2, 0.25) is 16.8 Å². The summed E-state index contributed by atoms with van der Waals surface area (Å²) in [6, 6.07) is 5.28. The number of hydrogen-bond donors (Lipinski definition) is 1. The number of carbonyl (C=O) groups excluding carboxylic acids is 1. The number of nitrogens with one attached hydrogen (secondary N) is 1. The maximum absolute atomic E-state index is 12.0. The highest BCUT2D eigenvalue weighted by Crippen LogP contribution is 2.32. The Labute approximate surface area is 148 Å². The SMILES string of the molecule is CC(C)(C)OC(=O)NCCN(Cc1ccc2c(c1)OCO2)S(C)(=O)=O. The van der Waals surface area contributed by atoms with Gasteiger partial charge in [0, 0.05) is 19.6 Å². The number of hydrogen-bond acceptors (Lipinski definition) is 6. The zero-order valence-corrected chi connectivity index (χ0v) is 15.7. The molecule has 0 spiro atoms. The molecule has 1 N–H and O–H groups in total. The molecule has 0 aromatic heterocycles. The molecule has 0 saturated heterocycles. The summed E-state index contributed by atoms with van der Waals surface area (Å²) >= 11 is 0. The van der Waals surface area contributed by atoms with Crippen molar-refractivity contribution in [3.63, 3.8) is 0 Å². The van der Waals surface area contributed by atoms with Crippen molar-refractivity contribution in [2.45, 2.75) is 32.9 Å². The Kier molecular flexibility index (Phi) is 5.79. The van der Waals surface area contributed by atoms with Gasteiger partial charge in [-0.1, -0.05) is 6.07 Å². The van der Waals surface area contributed by atoms with Crippen LogP contribution in [0.4, 0.5) is 4.79 Å². The summed E-state index contributed by atoms with van der Waals surface area (Å²) in [7, 11) is -3.44. The first-order chi connectivity index (χ1) is 11.5. The molecule has 0 saturated carbocycles. The fourth-order valence-electron chi connectivity index (χ4n) is 2.20. The van der Waals surface area contributed by atoms with E-state index in [-0.39, 0.29) is 26.4 Å². The van der Waals surface area contributed by atoms with Crippen LogP contribution in [-0.4, -0.2) is 50.6 Å². The predicted molar refractivity (Wildman–Crippen MR) is 92.1 cm³/mol. The summed E-state index contributed by atoms with van der Waals surface area (Å²) in [5.74, 6) is 1.24. The first-order valence-corrected chi connectivity index (χ1v) is 9.70. The van der Waals surface area contributed by atoms with E-state index in [4.69, 9.17) is 14.2 Å². The molecule has 25 heavy (non-hydrogen) atoms. The van der Waals surface area contributed by atoms with Gasteiger partial charge in [-0.3, -0.25) is 0 Å². The molecule has 1 heterocycles. The Morgan fingerprint density at radius 2 is 1.96 bits per heavy atom. The normalized spacial score (nSPS) is 13.8. The molecule has 1 aliphatic rings. The van der Waals surface area contributed by atoms with Crippen molar-refractivity contribution in [3.05, 3.63) is 23.8 Å². The van der Waals surface area contributed by atoms with Gasteiger partial charge in [0.25, 0.3) is 0 Å². The second kappa shape index (κ2) is 7.49. The average Bonchev–Trinajstić information content (AvgIpc) is 2.90. The largest absolute Gasteiger partial charge is 0.454 e. The molecule has 2 rings (SSSR count). The molecule has 1 aromatic rings. The average molecular weight is 372 g/mol. The van der Waals surface area contributed by atoms with Crippen LogP contribution in [0.1, 0.15) is 26.3 Å². The standard InChI is InChI=1S/C16H24N2O6S/c1-16(2,3)24-15(19)17-7-8-18(25(4,20)21)10-12-5-6-13-14(9-12)23-11-22-13/h5-6,9H,7-8,10-11H2,1-4H3,(H,17,19). The number of benzene rings is 1. The number of carbonyl (C=O) groups is 1. The van der Waals surface area contributed by atoms with Gasteiger partial charge in [0.05, 0.1) is 6.26 Å². The van der Waals surface area contributed by atoms with Crippen molar-refractivity contribution >= 4 is 16.1 Å². The number of sulfonamides is 1. The van der Waals surface area contributed by atoms with E-state index in [1.165, 1.54) is 4.31 Å². The molecule has 0 bridgehead atoms. The van der Waals surface area contributed by atoms with Crippen molar-refractivity contribution in [1.29, 1.82) is 0 Å². The maximum Gasteiger partial charge on any atom is 0.407 e. The van der Waals surface area contributed by atoms with E-state index in [2.05, 4.69) is 5.32 Å². The molecule has 0 fully saturated rings. The van der Waals surface area contributed by atoms with Crippen LogP contribution in [0.15, 0.2) is 18.2 Å². The third kappa shape index (κ3) is 6.09. The summed E-state index contributed by atoms with van der Waals surface area (Å²) in [6.07, 6.45) is 0.553.